The van der Waals surface area contributed by atoms with Gasteiger partial charge in [-0.25, -0.2) is 0 Å². The van der Waals surface area contributed by atoms with Gasteiger partial charge in [0.15, 0.2) is 11.5 Å². The Balaban J connectivity index is 1.28. The summed E-state index contributed by atoms with van der Waals surface area (Å²) in [6.45, 7) is 3.48. The van der Waals surface area contributed by atoms with E-state index in [0.717, 1.165) is 68.4 Å². The fourth-order valence-corrected chi connectivity index (χ4v) is 4.65. The van der Waals surface area contributed by atoms with Gasteiger partial charge in [-0.15, -0.1) is 0 Å². The number of carbonyl (C=O) groups excluding carboxylic acids is 1. The number of hydrogen-bond donors (Lipinski definition) is 5. The summed E-state index contributed by atoms with van der Waals surface area (Å²) < 4.78 is 0. The fourth-order valence-electron chi connectivity index (χ4n) is 4.65. The zero-order chi connectivity index (χ0) is 22.9. The van der Waals surface area contributed by atoms with E-state index in [0.29, 0.717) is 0 Å². The molecule has 2 aromatic carbocycles. The molecule has 6 N–H and O–H groups in total. The van der Waals surface area contributed by atoms with Crippen LogP contribution in [0.4, 0.5) is 5.69 Å². The van der Waals surface area contributed by atoms with E-state index < -0.39 is 0 Å². The van der Waals surface area contributed by atoms with Gasteiger partial charge in [0.2, 0.25) is 5.91 Å². The summed E-state index contributed by atoms with van der Waals surface area (Å²) in [5.74, 6) is 0.215. The lowest BCUT2D eigenvalue weighted by Gasteiger charge is -2.32. The van der Waals surface area contributed by atoms with Crippen molar-refractivity contribution in [3.8, 4) is 11.5 Å². The van der Waals surface area contributed by atoms with Crippen LogP contribution in [0, 0.1) is 0 Å². The van der Waals surface area contributed by atoms with Crippen molar-refractivity contribution in [2.24, 2.45) is 5.73 Å². The highest BCUT2D eigenvalue weighted by molar-refractivity contribution is 5.88. The number of carbonyl (C=O) groups is 1. The van der Waals surface area contributed by atoms with Crippen molar-refractivity contribution in [1.29, 1.82) is 0 Å². The van der Waals surface area contributed by atoms with Gasteiger partial charge >= 0.3 is 0 Å². The third-order valence-electron chi connectivity index (χ3n) is 6.43. The van der Waals surface area contributed by atoms with Gasteiger partial charge in [-0.1, -0.05) is 37.5 Å². The summed E-state index contributed by atoms with van der Waals surface area (Å²) in [5, 5.41) is 26.2. The molecule has 3 rings (SSSR count). The predicted octanol–water partition coefficient (Wildman–Crippen LogP) is 4.20. The Morgan fingerprint density at radius 3 is 2.53 bits per heavy atom. The molecule has 2 unspecified atom stereocenters. The van der Waals surface area contributed by atoms with Gasteiger partial charge in [-0.2, -0.15) is 0 Å². The third-order valence-corrected chi connectivity index (χ3v) is 6.43. The average Bonchev–Trinajstić information content (AvgIpc) is 2.77. The lowest BCUT2D eigenvalue weighted by molar-refractivity contribution is -0.114. The summed E-state index contributed by atoms with van der Waals surface area (Å²) in [6, 6.07) is 11.6. The number of rotatable bonds is 11. The Bertz CT molecular complexity index is 883. The van der Waals surface area contributed by atoms with Crippen LogP contribution in [0.1, 0.15) is 68.1 Å². The SMILES string of the molecule is CC(=O)Nc1ccc(CCNCCCCCCC2c3ccc(O)c(O)c3CCC2N)cc1. The molecule has 0 heterocycles. The lowest BCUT2D eigenvalue weighted by atomic mass is 9.76. The molecular weight excluding hydrogens is 402 g/mol. The number of benzene rings is 2. The minimum atomic E-state index is -0.0506. The molecule has 2 aromatic rings. The number of phenolic OH excluding ortho intramolecular Hbond substituents is 2. The molecule has 1 amide bonds. The molecule has 0 saturated heterocycles. The van der Waals surface area contributed by atoms with Crippen LogP contribution in [0.5, 0.6) is 11.5 Å². The number of unbranched alkanes of at least 4 members (excludes halogenated alkanes) is 3. The van der Waals surface area contributed by atoms with Crippen molar-refractivity contribution in [2.45, 2.75) is 70.3 Å². The fraction of sp³-hybridized carbons (Fsp3) is 0.500. The molecule has 0 aliphatic heterocycles. The number of amides is 1. The van der Waals surface area contributed by atoms with Gasteiger partial charge in [-0.05, 0) is 80.4 Å². The standard InChI is InChI=1S/C26H37N3O3/c1-18(30)29-20-9-7-19(8-10-20)15-17-28-16-5-3-2-4-6-22-21-12-14-25(31)26(32)23(21)11-13-24(22)27/h7-10,12,14,22,24,28,31-32H,2-6,11,13,15-17,27H2,1H3,(H,29,30). The second-order valence-corrected chi connectivity index (χ2v) is 8.89. The summed E-state index contributed by atoms with van der Waals surface area (Å²) >= 11 is 0. The number of fused-ring (bicyclic) bond motifs is 1. The van der Waals surface area contributed by atoms with E-state index in [1.54, 1.807) is 6.07 Å². The number of hydrogen-bond acceptors (Lipinski definition) is 5. The summed E-state index contributed by atoms with van der Waals surface area (Å²) in [5.41, 5.74) is 10.5. The van der Waals surface area contributed by atoms with Crippen molar-refractivity contribution in [1.82, 2.24) is 5.32 Å². The van der Waals surface area contributed by atoms with E-state index in [1.807, 2.05) is 18.2 Å². The molecule has 0 aromatic heterocycles. The molecule has 6 nitrogen and oxygen atoms in total. The van der Waals surface area contributed by atoms with Gasteiger partial charge in [0.25, 0.3) is 0 Å². The Hall–Kier alpha value is -2.57. The van der Waals surface area contributed by atoms with Crippen LogP contribution < -0.4 is 16.4 Å². The molecule has 0 radical (unpaired) electrons. The molecule has 32 heavy (non-hydrogen) atoms. The van der Waals surface area contributed by atoms with E-state index in [9.17, 15) is 15.0 Å². The highest BCUT2D eigenvalue weighted by Gasteiger charge is 2.29. The highest BCUT2D eigenvalue weighted by Crippen LogP contribution is 2.42. The molecule has 1 aliphatic carbocycles. The minimum absolute atomic E-state index is 0.0347. The topological polar surface area (TPSA) is 108 Å². The van der Waals surface area contributed by atoms with Crippen molar-refractivity contribution in [2.75, 3.05) is 18.4 Å². The van der Waals surface area contributed by atoms with E-state index in [1.165, 1.54) is 25.3 Å². The van der Waals surface area contributed by atoms with Crippen molar-refractivity contribution < 1.29 is 15.0 Å². The van der Waals surface area contributed by atoms with Crippen molar-refractivity contribution in [3.05, 3.63) is 53.1 Å². The average molecular weight is 440 g/mol. The molecular formula is C26H37N3O3. The monoisotopic (exact) mass is 439 g/mol. The smallest absolute Gasteiger partial charge is 0.221 e. The van der Waals surface area contributed by atoms with Crippen LogP contribution in [0.3, 0.4) is 0 Å². The van der Waals surface area contributed by atoms with E-state index in [-0.39, 0.29) is 29.4 Å². The van der Waals surface area contributed by atoms with Crippen LogP contribution >= 0.6 is 0 Å². The van der Waals surface area contributed by atoms with Gasteiger partial charge in [-0.3, -0.25) is 4.79 Å². The second kappa shape index (κ2) is 11.9. The Morgan fingerprint density at radius 2 is 1.78 bits per heavy atom. The van der Waals surface area contributed by atoms with E-state index in [4.69, 9.17) is 5.73 Å². The largest absolute Gasteiger partial charge is 0.504 e. The number of nitrogens with one attached hydrogen (secondary N) is 2. The normalized spacial score (nSPS) is 17.7. The first kappa shape index (κ1) is 24.1. The number of phenols is 2. The Morgan fingerprint density at radius 1 is 1.03 bits per heavy atom. The van der Waals surface area contributed by atoms with Gasteiger partial charge in [0, 0.05) is 24.2 Å². The summed E-state index contributed by atoms with van der Waals surface area (Å²) in [7, 11) is 0. The first-order valence-corrected chi connectivity index (χ1v) is 11.8. The summed E-state index contributed by atoms with van der Waals surface area (Å²) in [4.78, 5) is 11.1. The zero-order valence-electron chi connectivity index (χ0n) is 19.1. The maximum Gasteiger partial charge on any atom is 0.221 e. The maximum atomic E-state index is 11.1. The number of nitrogens with two attached hydrogens (primary N) is 1. The summed E-state index contributed by atoms with van der Waals surface area (Å²) in [6.07, 6.45) is 8.24. The van der Waals surface area contributed by atoms with Gasteiger partial charge < -0.3 is 26.6 Å². The molecule has 0 saturated carbocycles. The van der Waals surface area contributed by atoms with Crippen molar-refractivity contribution >= 4 is 11.6 Å². The Labute approximate surface area is 191 Å². The third kappa shape index (κ3) is 6.71. The quantitative estimate of drug-likeness (QED) is 0.266. The second-order valence-electron chi connectivity index (χ2n) is 8.89. The van der Waals surface area contributed by atoms with Gasteiger partial charge in [0.05, 0.1) is 0 Å². The molecule has 0 spiro atoms. The number of anilines is 1. The lowest BCUT2D eigenvalue weighted by Crippen LogP contribution is -2.33. The molecule has 174 valence electrons. The number of aromatic hydroxyl groups is 2. The van der Waals surface area contributed by atoms with Crippen LogP contribution in [0.15, 0.2) is 36.4 Å². The van der Waals surface area contributed by atoms with Gasteiger partial charge in [0.1, 0.15) is 0 Å². The Kier molecular flexibility index (Phi) is 8.94. The highest BCUT2D eigenvalue weighted by atomic mass is 16.3. The van der Waals surface area contributed by atoms with Crippen LogP contribution in [-0.2, 0) is 17.6 Å². The van der Waals surface area contributed by atoms with Crippen LogP contribution in [0.25, 0.3) is 0 Å². The first-order valence-electron chi connectivity index (χ1n) is 11.8. The molecule has 1 aliphatic rings. The maximum absolute atomic E-state index is 11.1. The molecule has 0 fully saturated rings. The van der Waals surface area contributed by atoms with Crippen LogP contribution in [-0.4, -0.2) is 35.3 Å². The van der Waals surface area contributed by atoms with E-state index >= 15 is 0 Å². The van der Waals surface area contributed by atoms with Crippen molar-refractivity contribution in [3.63, 3.8) is 0 Å². The zero-order valence-corrected chi connectivity index (χ0v) is 19.1. The molecule has 0 bridgehead atoms. The van der Waals surface area contributed by atoms with E-state index in [2.05, 4.69) is 22.8 Å². The molecule has 6 heteroatoms. The minimum Gasteiger partial charge on any atom is -0.504 e. The van der Waals surface area contributed by atoms with Crippen LogP contribution in [0.2, 0.25) is 0 Å². The first-order chi connectivity index (χ1) is 15.5. The predicted molar refractivity (Wildman–Crippen MR) is 129 cm³/mol. The molecule has 2 atom stereocenters.